The van der Waals surface area contributed by atoms with E-state index in [1.807, 2.05) is 0 Å². The van der Waals surface area contributed by atoms with Crippen LogP contribution in [0.15, 0.2) is 18.2 Å². The number of nitrogens with one attached hydrogen (secondary N) is 1. The fourth-order valence-corrected chi connectivity index (χ4v) is 2.58. The third-order valence-corrected chi connectivity index (χ3v) is 3.53. The second-order valence-corrected chi connectivity index (χ2v) is 4.74. The molecule has 0 amide bonds. The van der Waals surface area contributed by atoms with Gasteiger partial charge in [-0.1, -0.05) is 17.7 Å². The monoisotopic (exact) mass is 339 g/mol. The summed E-state index contributed by atoms with van der Waals surface area (Å²) in [5.74, 6) is -0.347. The minimum Gasteiger partial charge on any atom is -0.314 e. The van der Waals surface area contributed by atoms with E-state index in [9.17, 15) is 4.39 Å². The molecule has 0 aliphatic carbocycles. The lowest BCUT2D eigenvalue weighted by Crippen LogP contribution is -2.45. The average Bonchev–Trinajstić information content (AvgIpc) is 2.38. The van der Waals surface area contributed by atoms with E-state index in [2.05, 4.69) is 16.3 Å². The number of benzene rings is 1. The van der Waals surface area contributed by atoms with Crippen LogP contribution < -0.4 is 5.32 Å². The van der Waals surface area contributed by atoms with Gasteiger partial charge in [0.15, 0.2) is 0 Å². The van der Waals surface area contributed by atoms with Gasteiger partial charge in [0, 0.05) is 37.2 Å². The molecule has 0 unspecified atom stereocenters. The van der Waals surface area contributed by atoms with Gasteiger partial charge in [-0.25, -0.2) is 4.39 Å². The Kier molecular flexibility index (Phi) is 9.11. The van der Waals surface area contributed by atoms with Gasteiger partial charge in [-0.05, 0) is 17.7 Å². The molecule has 7 heteroatoms. The predicted molar refractivity (Wildman–Crippen MR) is 83.3 cm³/mol. The maximum Gasteiger partial charge on any atom is 0.124 e. The van der Waals surface area contributed by atoms with E-state index >= 15 is 0 Å². The number of halogens is 4. The fourth-order valence-electron chi connectivity index (χ4n) is 2.29. The molecule has 0 radical (unpaired) electrons. The van der Waals surface area contributed by atoms with Crippen LogP contribution in [-0.2, 0) is 0 Å². The molecule has 112 valence electrons. The van der Waals surface area contributed by atoms with Crippen molar-refractivity contribution >= 4 is 36.4 Å². The maximum absolute atomic E-state index is 13.1. The molecule has 0 bridgehead atoms. The van der Waals surface area contributed by atoms with Gasteiger partial charge in [0.05, 0.1) is 12.5 Å². The van der Waals surface area contributed by atoms with Gasteiger partial charge in [0.1, 0.15) is 5.82 Å². The Balaban J connectivity index is 0.00000180. The molecule has 2 rings (SSSR count). The topological polar surface area (TPSA) is 39.1 Å². The first-order valence-corrected chi connectivity index (χ1v) is 6.37. The Morgan fingerprint density at radius 2 is 2.00 bits per heavy atom. The van der Waals surface area contributed by atoms with Crippen molar-refractivity contribution in [3.63, 3.8) is 0 Å². The highest BCUT2D eigenvalue weighted by atomic mass is 35.5. The first kappa shape index (κ1) is 19.4. The molecule has 1 aromatic carbocycles. The normalized spacial score (nSPS) is 16.4. The molecule has 1 fully saturated rings. The standard InChI is InChI=1S/C13H15ClFN3.2ClH/c14-12-9-10(15)1-2-11(12)13(3-4-16)18-7-5-17-6-8-18;;/h1-2,9,13,17H,3,5-8H2;2*1H/t13-;;/m1../s1. The highest BCUT2D eigenvalue weighted by Gasteiger charge is 2.23. The van der Waals surface area contributed by atoms with Crippen molar-refractivity contribution in [2.75, 3.05) is 26.2 Å². The van der Waals surface area contributed by atoms with Crippen molar-refractivity contribution < 1.29 is 4.39 Å². The van der Waals surface area contributed by atoms with Crippen LogP contribution in [0.5, 0.6) is 0 Å². The maximum atomic E-state index is 13.1. The van der Waals surface area contributed by atoms with Crippen molar-refractivity contribution in [3.8, 4) is 6.07 Å². The van der Waals surface area contributed by atoms with Gasteiger partial charge >= 0.3 is 0 Å². The zero-order valence-corrected chi connectivity index (χ0v) is 13.2. The van der Waals surface area contributed by atoms with E-state index in [4.69, 9.17) is 16.9 Å². The van der Waals surface area contributed by atoms with Gasteiger partial charge < -0.3 is 5.32 Å². The SMILES string of the molecule is Cl.Cl.N#CC[C@H](c1ccc(F)cc1Cl)N1CCNCC1. The molecule has 0 aromatic heterocycles. The van der Waals surface area contributed by atoms with E-state index in [1.165, 1.54) is 12.1 Å². The Morgan fingerprint density at radius 3 is 2.55 bits per heavy atom. The van der Waals surface area contributed by atoms with Crippen molar-refractivity contribution in [2.24, 2.45) is 0 Å². The van der Waals surface area contributed by atoms with E-state index in [1.54, 1.807) is 6.07 Å². The lowest BCUT2D eigenvalue weighted by atomic mass is 10.0. The smallest absolute Gasteiger partial charge is 0.124 e. The molecule has 1 heterocycles. The van der Waals surface area contributed by atoms with E-state index in [0.717, 1.165) is 31.7 Å². The van der Waals surface area contributed by atoms with Crippen LogP contribution in [-0.4, -0.2) is 31.1 Å². The molecule has 1 aromatic rings. The second-order valence-electron chi connectivity index (χ2n) is 4.33. The molecule has 0 spiro atoms. The van der Waals surface area contributed by atoms with E-state index in [-0.39, 0.29) is 36.7 Å². The van der Waals surface area contributed by atoms with Crippen LogP contribution in [0.2, 0.25) is 5.02 Å². The summed E-state index contributed by atoms with van der Waals surface area (Å²) in [7, 11) is 0. The van der Waals surface area contributed by atoms with Gasteiger partial charge in [-0.15, -0.1) is 24.8 Å². The third-order valence-electron chi connectivity index (χ3n) is 3.20. The van der Waals surface area contributed by atoms with E-state index < -0.39 is 0 Å². The Morgan fingerprint density at radius 1 is 1.35 bits per heavy atom. The fraction of sp³-hybridized carbons (Fsp3) is 0.462. The average molecular weight is 341 g/mol. The number of nitrogens with zero attached hydrogens (tertiary/aromatic N) is 2. The van der Waals surface area contributed by atoms with Crippen LogP contribution in [0, 0.1) is 17.1 Å². The zero-order chi connectivity index (χ0) is 13.0. The van der Waals surface area contributed by atoms with Crippen molar-refractivity contribution in [2.45, 2.75) is 12.5 Å². The molecule has 3 nitrogen and oxygen atoms in total. The number of rotatable bonds is 3. The van der Waals surface area contributed by atoms with Crippen LogP contribution in [0.25, 0.3) is 0 Å². The largest absolute Gasteiger partial charge is 0.314 e. The first-order valence-electron chi connectivity index (χ1n) is 5.99. The Labute approximate surface area is 135 Å². The van der Waals surface area contributed by atoms with Gasteiger partial charge in [-0.3, -0.25) is 4.90 Å². The lowest BCUT2D eigenvalue weighted by Gasteiger charge is -2.34. The summed E-state index contributed by atoms with van der Waals surface area (Å²) in [5, 5.41) is 12.6. The van der Waals surface area contributed by atoms with Crippen molar-refractivity contribution in [1.29, 1.82) is 5.26 Å². The minimum atomic E-state index is -0.347. The summed E-state index contributed by atoms with van der Waals surface area (Å²) in [4.78, 5) is 2.22. The zero-order valence-electron chi connectivity index (χ0n) is 10.8. The molecule has 1 aliphatic rings. The Bertz CT molecular complexity index is 459. The number of hydrogen-bond donors (Lipinski definition) is 1. The summed E-state index contributed by atoms with van der Waals surface area (Å²) in [6, 6.07) is 6.53. The minimum absolute atomic E-state index is 0. The Hall–Kier alpha value is -0.570. The van der Waals surface area contributed by atoms with Crippen LogP contribution in [0.4, 0.5) is 4.39 Å². The molecule has 20 heavy (non-hydrogen) atoms. The van der Waals surface area contributed by atoms with Gasteiger partial charge in [0.2, 0.25) is 0 Å². The number of piperazine rings is 1. The summed E-state index contributed by atoms with van der Waals surface area (Å²) in [6.07, 6.45) is 0.366. The van der Waals surface area contributed by atoms with Crippen LogP contribution in [0.1, 0.15) is 18.0 Å². The van der Waals surface area contributed by atoms with Crippen molar-refractivity contribution in [3.05, 3.63) is 34.6 Å². The van der Waals surface area contributed by atoms with Gasteiger partial charge in [0.25, 0.3) is 0 Å². The summed E-state index contributed by atoms with van der Waals surface area (Å²) in [5.41, 5.74) is 0.835. The molecule has 1 N–H and O–H groups in total. The van der Waals surface area contributed by atoms with Crippen LogP contribution in [0.3, 0.4) is 0 Å². The molecular formula is C13H17Cl3FN3. The summed E-state index contributed by atoms with van der Waals surface area (Å²) >= 11 is 6.09. The van der Waals surface area contributed by atoms with Crippen LogP contribution >= 0.6 is 36.4 Å². The highest BCUT2D eigenvalue weighted by molar-refractivity contribution is 6.31. The number of nitriles is 1. The molecule has 1 saturated heterocycles. The molecule has 0 saturated carbocycles. The van der Waals surface area contributed by atoms with Crippen molar-refractivity contribution in [1.82, 2.24) is 10.2 Å². The number of hydrogen-bond acceptors (Lipinski definition) is 3. The highest BCUT2D eigenvalue weighted by Crippen LogP contribution is 2.30. The van der Waals surface area contributed by atoms with E-state index in [0.29, 0.717) is 11.4 Å². The lowest BCUT2D eigenvalue weighted by molar-refractivity contribution is 0.175. The summed E-state index contributed by atoms with van der Waals surface area (Å²) < 4.78 is 13.1. The first-order chi connectivity index (χ1) is 8.72. The molecule has 1 atom stereocenters. The molecule has 1 aliphatic heterocycles. The second kappa shape index (κ2) is 9.38. The molecular weight excluding hydrogens is 324 g/mol. The van der Waals surface area contributed by atoms with Gasteiger partial charge in [-0.2, -0.15) is 5.26 Å². The third kappa shape index (κ3) is 4.76. The predicted octanol–water partition coefficient (Wildman–Crippen LogP) is 3.18. The summed E-state index contributed by atoms with van der Waals surface area (Å²) in [6.45, 7) is 3.56. The quantitative estimate of drug-likeness (QED) is 0.918.